The second kappa shape index (κ2) is 4.98. The molecule has 14 heavy (non-hydrogen) atoms. The molecule has 0 radical (unpaired) electrons. The summed E-state index contributed by atoms with van der Waals surface area (Å²) < 4.78 is 35.4. The van der Waals surface area contributed by atoms with Gasteiger partial charge in [0.1, 0.15) is 0 Å². The van der Waals surface area contributed by atoms with E-state index in [0.29, 0.717) is 6.54 Å². The molecule has 0 aromatic rings. The lowest BCUT2D eigenvalue weighted by atomic mass is 10.0. The molecule has 2 nitrogen and oxygen atoms in total. The second-order valence-corrected chi connectivity index (χ2v) is 4.25. The summed E-state index contributed by atoms with van der Waals surface area (Å²) in [5.41, 5.74) is -0.119. The minimum absolute atomic E-state index is 0.0131. The van der Waals surface area contributed by atoms with E-state index in [4.69, 9.17) is 0 Å². The molecular weight excluding hydrogens is 193 g/mol. The summed E-state index contributed by atoms with van der Waals surface area (Å²) in [6.45, 7) is 4.50. The van der Waals surface area contributed by atoms with Crippen LogP contribution in [-0.2, 0) is 0 Å². The summed E-state index contributed by atoms with van der Waals surface area (Å²) in [6.07, 6.45) is -4.83. The standard InChI is InChI=1S/C9H19F3N2/c1-8(2,14(3)4)7-13-6-5-9(10,11)12/h13H,5-7H2,1-4H3. The third-order valence-electron chi connectivity index (χ3n) is 2.35. The lowest BCUT2D eigenvalue weighted by Gasteiger charge is -2.32. The van der Waals surface area contributed by atoms with Gasteiger partial charge < -0.3 is 10.2 Å². The average Bonchev–Trinajstić information content (AvgIpc) is 1.96. The zero-order valence-electron chi connectivity index (χ0n) is 9.20. The molecule has 0 heterocycles. The Kier molecular flexibility index (Phi) is 4.88. The van der Waals surface area contributed by atoms with Gasteiger partial charge in [0.2, 0.25) is 0 Å². The van der Waals surface area contributed by atoms with E-state index in [2.05, 4.69) is 5.32 Å². The zero-order chi connectivity index (χ0) is 11.4. The number of hydrogen-bond donors (Lipinski definition) is 1. The van der Waals surface area contributed by atoms with Crippen molar-refractivity contribution in [2.75, 3.05) is 27.2 Å². The lowest BCUT2D eigenvalue weighted by molar-refractivity contribution is -0.133. The number of nitrogens with one attached hydrogen (secondary N) is 1. The van der Waals surface area contributed by atoms with E-state index >= 15 is 0 Å². The van der Waals surface area contributed by atoms with Gasteiger partial charge in [-0.1, -0.05) is 0 Å². The molecule has 0 saturated heterocycles. The maximum atomic E-state index is 11.8. The van der Waals surface area contributed by atoms with Gasteiger partial charge in [-0.2, -0.15) is 13.2 Å². The molecule has 0 aliphatic heterocycles. The van der Waals surface area contributed by atoms with Gasteiger partial charge in [0.15, 0.2) is 0 Å². The van der Waals surface area contributed by atoms with Gasteiger partial charge in [-0.25, -0.2) is 0 Å². The lowest BCUT2D eigenvalue weighted by Crippen LogP contribution is -2.47. The molecule has 0 saturated carbocycles. The highest BCUT2D eigenvalue weighted by atomic mass is 19.4. The molecule has 0 aliphatic rings. The first-order chi connectivity index (χ1) is 6.15. The normalized spacial score (nSPS) is 13.7. The van der Waals surface area contributed by atoms with Gasteiger partial charge in [-0.05, 0) is 27.9 Å². The molecule has 0 aromatic heterocycles. The van der Waals surface area contributed by atoms with Crippen LogP contribution in [0.25, 0.3) is 0 Å². The summed E-state index contributed by atoms with van der Waals surface area (Å²) in [6, 6.07) is 0. The highest BCUT2D eigenvalue weighted by molar-refractivity contribution is 4.79. The van der Waals surface area contributed by atoms with E-state index in [1.807, 2.05) is 32.8 Å². The third-order valence-corrected chi connectivity index (χ3v) is 2.35. The first-order valence-electron chi connectivity index (χ1n) is 4.60. The number of halogens is 3. The molecule has 0 spiro atoms. The summed E-state index contributed by atoms with van der Waals surface area (Å²) in [5.74, 6) is 0. The van der Waals surface area contributed by atoms with Crippen LogP contribution in [0.2, 0.25) is 0 Å². The largest absolute Gasteiger partial charge is 0.390 e. The van der Waals surface area contributed by atoms with Crippen LogP contribution in [0.3, 0.4) is 0 Å². The molecule has 0 aromatic carbocycles. The summed E-state index contributed by atoms with van der Waals surface area (Å²) in [5, 5.41) is 2.80. The number of hydrogen-bond acceptors (Lipinski definition) is 2. The van der Waals surface area contributed by atoms with E-state index in [0.717, 1.165) is 0 Å². The van der Waals surface area contributed by atoms with Gasteiger partial charge in [0, 0.05) is 18.6 Å². The smallest absolute Gasteiger partial charge is 0.315 e. The molecule has 0 aliphatic carbocycles. The first kappa shape index (κ1) is 13.7. The van der Waals surface area contributed by atoms with Crippen LogP contribution in [0.4, 0.5) is 13.2 Å². The quantitative estimate of drug-likeness (QED) is 0.700. The highest BCUT2D eigenvalue weighted by Crippen LogP contribution is 2.18. The maximum Gasteiger partial charge on any atom is 0.390 e. The Morgan fingerprint density at radius 3 is 2.00 bits per heavy atom. The summed E-state index contributed by atoms with van der Waals surface area (Å²) in [4.78, 5) is 1.98. The molecule has 0 fully saturated rings. The Balaban J connectivity index is 3.65. The topological polar surface area (TPSA) is 15.3 Å². The minimum Gasteiger partial charge on any atom is -0.315 e. The van der Waals surface area contributed by atoms with Gasteiger partial charge in [0.05, 0.1) is 6.42 Å². The fourth-order valence-corrected chi connectivity index (χ4v) is 0.783. The Morgan fingerprint density at radius 2 is 1.64 bits per heavy atom. The fraction of sp³-hybridized carbons (Fsp3) is 1.00. The number of likely N-dealkylation sites (N-methyl/N-ethyl adjacent to an activating group) is 1. The van der Waals surface area contributed by atoms with Crippen LogP contribution in [-0.4, -0.2) is 43.8 Å². The van der Waals surface area contributed by atoms with Crippen molar-refractivity contribution in [1.29, 1.82) is 0 Å². The Morgan fingerprint density at radius 1 is 1.14 bits per heavy atom. The Hall–Kier alpha value is -0.290. The van der Waals surface area contributed by atoms with E-state index in [9.17, 15) is 13.2 Å². The maximum absolute atomic E-state index is 11.8. The van der Waals surface area contributed by atoms with Gasteiger partial charge in [-0.3, -0.25) is 0 Å². The molecule has 0 amide bonds. The number of nitrogens with zero attached hydrogens (tertiary/aromatic N) is 1. The van der Waals surface area contributed by atoms with Crippen molar-refractivity contribution in [2.45, 2.75) is 32.0 Å². The molecular formula is C9H19F3N2. The van der Waals surface area contributed by atoms with Crippen molar-refractivity contribution in [3.63, 3.8) is 0 Å². The molecule has 0 unspecified atom stereocenters. The van der Waals surface area contributed by atoms with Gasteiger partial charge in [-0.15, -0.1) is 0 Å². The van der Waals surface area contributed by atoms with Crippen LogP contribution < -0.4 is 5.32 Å². The minimum atomic E-state index is -4.06. The van der Waals surface area contributed by atoms with Crippen molar-refractivity contribution in [1.82, 2.24) is 10.2 Å². The number of rotatable bonds is 5. The molecule has 1 N–H and O–H groups in total. The molecule has 0 atom stereocenters. The van der Waals surface area contributed by atoms with Crippen molar-refractivity contribution in [3.8, 4) is 0 Å². The van der Waals surface area contributed by atoms with Crippen molar-refractivity contribution in [2.24, 2.45) is 0 Å². The monoisotopic (exact) mass is 212 g/mol. The summed E-state index contributed by atoms with van der Waals surface area (Å²) in [7, 11) is 3.82. The molecule has 0 bridgehead atoms. The third kappa shape index (κ3) is 6.21. The zero-order valence-corrected chi connectivity index (χ0v) is 9.20. The van der Waals surface area contributed by atoms with Crippen LogP contribution in [0.15, 0.2) is 0 Å². The Bertz CT molecular complexity index is 164. The van der Waals surface area contributed by atoms with Crippen molar-refractivity contribution in [3.05, 3.63) is 0 Å². The van der Waals surface area contributed by atoms with E-state index < -0.39 is 12.6 Å². The molecule has 0 rings (SSSR count). The SMILES string of the molecule is CN(C)C(C)(C)CNCCC(F)(F)F. The fourth-order valence-electron chi connectivity index (χ4n) is 0.783. The highest BCUT2D eigenvalue weighted by Gasteiger charge is 2.27. The van der Waals surface area contributed by atoms with E-state index in [1.165, 1.54) is 0 Å². The van der Waals surface area contributed by atoms with E-state index in [-0.39, 0.29) is 12.1 Å². The predicted molar refractivity (Wildman–Crippen MR) is 51.3 cm³/mol. The van der Waals surface area contributed by atoms with Crippen LogP contribution in [0.1, 0.15) is 20.3 Å². The molecule has 86 valence electrons. The van der Waals surface area contributed by atoms with E-state index in [1.54, 1.807) is 0 Å². The Labute approximate surface area is 83.5 Å². The molecule has 5 heteroatoms. The second-order valence-electron chi connectivity index (χ2n) is 4.25. The first-order valence-corrected chi connectivity index (χ1v) is 4.60. The van der Waals surface area contributed by atoms with Crippen LogP contribution >= 0.6 is 0 Å². The predicted octanol–water partition coefficient (Wildman–Crippen LogP) is 1.87. The van der Waals surface area contributed by atoms with Crippen LogP contribution in [0.5, 0.6) is 0 Å². The van der Waals surface area contributed by atoms with Gasteiger partial charge >= 0.3 is 6.18 Å². The van der Waals surface area contributed by atoms with Crippen molar-refractivity contribution >= 4 is 0 Å². The summed E-state index contributed by atoms with van der Waals surface area (Å²) >= 11 is 0. The van der Waals surface area contributed by atoms with Gasteiger partial charge in [0.25, 0.3) is 0 Å². The average molecular weight is 212 g/mol. The van der Waals surface area contributed by atoms with Crippen LogP contribution in [0, 0.1) is 0 Å². The van der Waals surface area contributed by atoms with Crippen molar-refractivity contribution < 1.29 is 13.2 Å². The number of alkyl halides is 3.